The molecule has 1 atom stereocenters. The van der Waals surface area contributed by atoms with Gasteiger partial charge in [0.25, 0.3) is 0 Å². The number of ether oxygens (including phenoxy) is 1. The monoisotopic (exact) mass is 228 g/mol. The molecule has 1 aromatic heterocycles. The Labute approximate surface area is 101 Å². The summed E-state index contributed by atoms with van der Waals surface area (Å²) in [5, 5.41) is 4.73. The number of hydrogen-bond acceptors (Lipinski definition) is 3. The molecule has 1 aliphatic rings. The van der Waals surface area contributed by atoms with E-state index in [1.807, 2.05) is 12.3 Å². The second-order valence-electron chi connectivity index (χ2n) is 4.59. The van der Waals surface area contributed by atoms with Crippen LogP contribution in [0.2, 0.25) is 0 Å². The number of rotatable bonds is 2. The molecule has 0 aliphatic carbocycles. The second-order valence-corrected chi connectivity index (χ2v) is 4.59. The van der Waals surface area contributed by atoms with E-state index in [9.17, 15) is 0 Å². The molecule has 0 spiro atoms. The highest BCUT2D eigenvalue weighted by Gasteiger charge is 2.16. The van der Waals surface area contributed by atoms with Gasteiger partial charge in [0.1, 0.15) is 0 Å². The van der Waals surface area contributed by atoms with Crippen molar-refractivity contribution in [3.8, 4) is 0 Å². The lowest BCUT2D eigenvalue weighted by Crippen LogP contribution is -2.19. The van der Waals surface area contributed by atoms with Crippen molar-refractivity contribution in [1.29, 1.82) is 0 Å². The van der Waals surface area contributed by atoms with Crippen LogP contribution in [0.3, 0.4) is 0 Å². The van der Waals surface area contributed by atoms with Crippen molar-refractivity contribution in [2.24, 2.45) is 0 Å². The maximum Gasteiger partial charge on any atom is 0.0933 e. The zero-order valence-electron chi connectivity index (χ0n) is 9.94. The minimum atomic E-state index is 0.419. The molecule has 1 aliphatic heterocycles. The Morgan fingerprint density at radius 2 is 2.35 bits per heavy atom. The Hall–Kier alpha value is -1.61. The Kier molecular flexibility index (Phi) is 2.69. The van der Waals surface area contributed by atoms with Crippen LogP contribution >= 0.6 is 0 Å². The summed E-state index contributed by atoms with van der Waals surface area (Å²) in [4.78, 5) is 4.46. The van der Waals surface area contributed by atoms with Crippen molar-refractivity contribution in [3.05, 3.63) is 36.0 Å². The third kappa shape index (κ3) is 2.11. The first-order valence-electron chi connectivity index (χ1n) is 6.02. The highest BCUT2D eigenvalue weighted by molar-refractivity contribution is 5.91. The van der Waals surface area contributed by atoms with Crippen LogP contribution in [0.5, 0.6) is 0 Å². The number of hydrogen-bond donors (Lipinski definition) is 1. The Balaban J connectivity index is 2.01. The van der Waals surface area contributed by atoms with Gasteiger partial charge >= 0.3 is 0 Å². The standard InChI is InChI=1S/C14H16N2O/c1-10-7-11-3-2-5-15-14(11)13(8-10)16-12-4-6-17-9-12/h2-3,5,7-8,12,16H,4,6,9H2,1H3/t12-/m1/s1. The molecule has 1 N–H and O–H groups in total. The molecular weight excluding hydrogens is 212 g/mol. The van der Waals surface area contributed by atoms with E-state index >= 15 is 0 Å². The lowest BCUT2D eigenvalue weighted by Gasteiger charge is -2.14. The molecule has 17 heavy (non-hydrogen) atoms. The SMILES string of the molecule is Cc1cc(N[C@@H]2CCOC2)c2ncccc2c1. The van der Waals surface area contributed by atoms with Crippen molar-refractivity contribution >= 4 is 16.6 Å². The highest BCUT2D eigenvalue weighted by Crippen LogP contribution is 2.25. The van der Waals surface area contributed by atoms with Crippen LogP contribution in [0.25, 0.3) is 10.9 Å². The maximum absolute atomic E-state index is 5.39. The fourth-order valence-electron chi connectivity index (χ4n) is 2.32. The maximum atomic E-state index is 5.39. The fraction of sp³-hybridized carbons (Fsp3) is 0.357. The minimum Gasteiger partial charge on any atom is -0.379 e. The number of aromatic nitrogens is 1. The van der Waals surface area contributed by atoms with Gasteiger partial charge in [-0.05, 0) is 37.1 Å². The van der Waals surface area contributed by atoms with E-state index in [-0.39, 0.29) is 0 Å². The number of nitrogens with zero attached hydrogens (tertiary/aromatic N) is 1. The number of pyridine rings is 1. The summed E-state index contributed by atoms with van der Waals surface area (Å²) in [5.41, 5.74) is 3.42. The first-order valence-corrected chi connectivity index (χ1v) is 6.02. The van der Waals surface area contributed by atoms with E-state index in [4.69, 9.17) is 4.74 Å². The molecule has 0 bridgehead atoms. The largest absolute Gasteiger partial charge is 0.379 e. The molecule has 0 amide bonds. The number of anilines is 1. The predicted octanol–water partition coefficient (Wildman–Crippen LogP) is 2.74. The van der Waals surface area contributed by atoms with Crippen LogP contribution < -0.4 is 5.32 Å². The van der Waals surface area contributed by atoms with Crippen LogP contribution in [0.1, 0.15) is 12.0 Å². The third-order valence-corrected chi connectivity index (χ3v) is 3.14. The zero-order valence-corrected chi connectivity index (χ0v) is 9.94. The van der Waals surface area contributed by atoms with Gasteiger partial charge in [-0.1, -0.05) is 6.07 Å². The average Bonchev–Trinajstić information content (AvgIpc) is 2.81. The van der Waals surface area contributed by atoms with Gasteiger partial charge in [0.15, 0.2) is 0 Å². The Morgan fingerprint density at radius 1 is 1.41 bits per heavy atom. The van der Waals surface area contributed by atoms with E-state index in [1.165, 1.54) is 10.9 Å². The zero-order chi connectivity index (χ0) is 11.7. The fourth-order valence-corrected chi connectivity index (χ4v) is 2.32. The van der Waals surface area contributed by atoms with Crippen molar-refractivity contribution < 1.29 is 4.74 Å². The van der Waals surface area contributed by atoms with E-state index in [1.54, 1.807) is 0 Å². The smallest absolute Gasteiger partial charge is 0.0933 e. The number of fused-ring (bicyclic) bond motifs is 1. The van der Waals surface area contributed by atoms with Gasteiger partial charge in [0, 0.05) is 18.2 Å². The topological polar surface area (TPSA) is 34.1 Å². The third-order valence-electron chi connectivity index (χ3n) is 3.14. The van der Waals surface area contributed by atoms with Crippen molar-refractivity contribution in [1.82, 2.24) is 4.98 Å². The summed E-state index contributed by atoms with van der Waals surface area (Å²) >= 11 is 0. The molecule has 88 valence electrons. The molecule has 1 fully saturated rings. The molecule has 3 heteroatoms. The molecular formula is C14H16N2O. The number of nitrogens with one attached hydrogen (secondary N) is 1. The summed E-state index contributed by atoms with van der Waals surface area (Å²) in [6.45, 7) is 3.76. The van der Waals surface area contributed by atoms with E-state index in [0.717, 1.165) is 30.8 Å². The van der Waals surface area contributed by atoms with Crippen molar-refractivity contribution in [2.75, 3.05) is 18.5 Å². The van der Waals surface area contributed by atoms with Gasteiger partial charge in [-0.2, -0.15) is 0 Å². The molecule has 1 saturated heterocycles. The summed E-state index contributed by atoms with van der Waals surface area (Å²) in [6, 6.07) is 8.82. The number of aryl methyl sites for hydroxylation is 1. The van der Waals surface area contributed by atoms with Gasteiger partial charge in [0.05, 0.1) is 23.9 Å². The highest BCUT2D eigenvalue weighted by atomic mass is 16.5. The van der Waals surface area contributed by atoms with Crippen molar-refractivity contribution in [3.63, 3.8) is 0 Å². The number of benzene rings is 1. The molecule has 0 radical (unpaired) electrons. The average molecular weight is 228 g/mol. The van der Waals surface area contributed by atoms with Gasteiger partial charge < -0.3 is 10.1 Å². The predicted molar refractivity (Wildman–Crippen MR) is 69.3 cm³/mol. The first-order chi connectivity index (χ1) is 8.33. The molecule has 3 rings (SSSR count). The first kappa shape index (κ1) is 10.5. The van der Waals surface area contributed by atoms with E-state index in [2.05, 4.69) is 35.4 Å². The van der Waals surface area contributed by atoms with Crippen LogP contribution in [-0.4, -0.2) is 24.2 Å². The van der Waals surface area contributed by atoms with Crippen molar-refractivity contribution in [2.45, 2.75) is 19.4 Å². The summed E-state index contributed by atoms with van der Waals surface area (Å²) in [5.74, 6) is 0. The second kappa shape index (κ2) is 4.34. The molecule has 0 unspecified atom stereocenters. The van der Waals surface area contributed by atoms with E-state index in [0.29, 0.717) is 6.04 Å². The quantitative estimate of drug-likeness (QED) is 0.858. The van der Waals surface area contributed by atoms with Gasteiger partial charge in [-0.15, -0.1) is 0 Å². The summed E-state index contributed by atoms with van der Waals surface area (Å²) in [6.07, 6.45) is 2.91. The van der Waals surface area contributed by atoms with Gasteiger partial charge in [-0.25, -0.2) is 0 Å². The molecule has 3 nitrogen and oxygen atoms in total. The van der Waals surface area contributed by atoms with Gasteiger partial charge in [-0.3, -0.25) is 4.98 Å². The molecule has 2 heterocycles. The Morgan fingerprint density at radius 3 is 3.18 bits per heavy atom. The lowest BCUT2D eigenvalue weighted by molar-refractivity contribution is 0.195. The normalized spacial score (nSPS) is 19.7. The van der Waals surface area contributed by atoms with E-state index < -0.39 is 0 Å². The van der Waals surface area contributed by atoms with Crippen LogP contribution in [0, 0.1) is 6.92 Å². The molecule has 2 aromatic rings. The van der Waals surface area contributed by atoms with Gasteiger partial charge in [0.2, 0.25) is 0 Å². The summed E-state index contributed by atoms with van der Waals surface area (Å²) in [7, 11) is 0. The van der Waals surface area contributed by atoms with Crippen LogP contribution in [0.4, 0.5) is 5.69 Å². The van der Waals surface area contributed by atoms with Crippen LogP contribution in [-0.2, 0) is 4.74 Å². The Bertz CT molecular complexity index is 533. The summed E-state index contributed by atoms with van der Waals surface area (Å²) < 4.78 is 5.39. The minimum absolute atomic E-state index is 0.419. The molecule has 1 aromatic carbocycles. The van der Waals surface area contributed by atoms with Crippen LogP contribution in [0.15, 0.2) is 30.5 Å². The lowest BCUT2D eigenvalue weighted by atomic mass is 10.1. The molecule has 0 saturated carbocycles.